The number of methoxy groups -OCH3 is 1. The zero-order valence-corrected chi connectivity index (χ0v) is 34.7. The van der Waals surface area contributed by atoms with E-state index in [4.69, 9.17) is 34.0 Å². The third kappa shape index (κ3) is 10.3. The molecular weight excluding hydrogens is 688 g/mol. The fourth-order valence-corrected chi connectivity index (χ4v) is 8.98. The van der Waals surface area contributed by atoms with Crippen molar-refractivity contribution in [2.24, 2.45) is 22.9 Å². The number of carbonyl (C=O) groups excluding carboxylic acids is 1. The number of cyclic esters (lactones) is 1. The number of nitrogens with one attached hydrogen (secondary N) is 1. The third-order valence-corrected chi connectivity index (χ3v) is 12.3. The minimum absolute atomic E-state index is 0.143. The highest BCUT2D eigenvalue weighted by Gasteiger charge is 2.53. The Hall–Kier alpha value is -1.37. The molecule has 0 aliphatic carbocycles. The second kappa shape index (κ2) is 18.3. The molecule has 0 aromatic carbocycles. The number of ether oxygens (including phenoxy) is 6. The highest BCUT2D eigenvalue weighted by atomic mass is 16.7. The monoisotopic (exact) mass is 761 g/mol. The molecule has 0 aromatic rings. The summed E-state index contributed by atoms with van der Waals surface area (Å²) in [5.41, 5.74) is 3.53. The number of nitrogens with zero attached hydrogens (tertiary/aromatic N) is 3. The van der Waals surface area contributed by atoms with Crippen LogP contribution in [0.2, 0.25) is 0 Å². The van der Waals surface area contributed by atoms with Crippen LogP contribution in [0, 0.1) is 23.3 Å². The Morgan fingerprint density at radius 3 is 2.19 bits per heavy atom. The molecule has 3 aliphatic rings. The van der Waals surface area contributed by atoms with Crippen LogP contribution < -0.4 is 0 Å². The van der Waals surface area contributed by atoms with Gasteiger partial charge < -0.3 is 58.6 Å². The summed E-state index contributed by atoms with van der Waals surface area (Å²) in [4.78, 5) is 18.1. The fourth-order valence-electron chi connectivity index (χ4n) is 8.98. The zero-order valence-electron chi connectivity index (χ0n) is 34.7. The van der Waals surface area contributed by atoms with Gasteiger partial charge in [0.05, 0.1) is 41.5 Å². The second-order valence-electron chi connectivity index (χ2n) is 17.3. The van der Waals surface area contributed by atoms with E-state index in [-0.39, 0.29) is 37.3 Å². The summed E-state index contributed by atoms with van der Waals surface area (Å²) >= 11 is 0. The van der Waals surface area contributed by atoms with E-state index >= 15 is 0 Å². The van der Waals surface area contributed by atoms with Gasteiger partial charge in [0.25, 0.3) is 0 Å². The summed E-state index contributed by atoms with van der Waals surface area (Å²) in [7, 11) is 7.16. The van der Waals surface area contributed by atoms with Crippen molar-refractivity contribution < 1.29 is 53.6 Å². The van der Waals surface area contributed by atoms with Gasteiger partial charge in [-0.15, -0.1) is 0 Å². The van der Waals surface area contributed by atoms with E-state index in [0.717, 1.165) is 0 Å². The number of aliphatic hydroxyl groups is 4. The molecule has 0 spiro atoms. The molecule has 15 heteroatoms. The molecule has 0 bridgehead atoms. The first kappa shape index (κ1) is 46.0. The molecule has 15 nitrogen and oxygen atoms in total. The predicted octanol–water partition coefficient (Wildman–Crippen LogP) is 2.94. The molecule has 3 saturated heterocycles. The summed E-state index contributed by atoms with van der Waals surface area (Å²) in [6.07, 6.45) is -7.07. The lowest BCUT2D eigenvalue weighted by Gasteiger charge is -2.48. The van der Waals surface area contributed by atoms with Gasteiger partial charge in [-0.3, -0.25) is 4.79 Å². The van der Waals surface area contributed by atoms with E-state index < -0.39 is 95.9 Å². The van der Waals surface area contributed by atoms with Gasteiger partial charge >= 0.3 is 5.97 Å². The Kier molecular flexibility index (Phi) is 15.9. The molecule has 3 fully saturated rings. The lowest BCUT2D eigenvalue weighted by molar-refractivity contribution is -0.311. The largest absolute Gasteiger partial charge is 0.459 e. The summed E-state index contributed by atoms with van der Waals surface area (Å²) in [5.74, 6) is -2.58. The van der Waals surface area contributed by atoms with Crippen LogP contribution in [0.3, 0.4) is 0 Å². The molecule has 3 rings (SSSR count). The predicted molar refractivity (Wildman–Crippen MR) is 197 cm³/mol. The van der Waals surface area contributed by atoms with E-state index in [1.54, 1.807) is 41.7 Å². The number of hydrogen-bond acceptors (Lipinski definition) is 15. The molecule has 3 heterocycles. The number of esters is 1. The van der Waals surface area contributed by atoms with Crippen LogP contribution in [0.15, 0.2) is 5.11 Å². The maximum absolute atomic E-state index is 14.2. The first-order chi connectivity index (χ1) is 24.4. The second-order valence-corrected chi connectivity index (χ2v) is 17.3. The Morgan fingerprint density at radius 1 is 1.02 bits per heavy atom. The number of likely N-dealkylation sites (N-methyl/N-ethyl adjacent to an activating group) is 2. The van der Waals surface area contributed by atoms with E-state index in [1.165, 1.54) is 6.92 Å². The molecule has 5 N–H and O–H groups in total. The average molecular weight is 761 g/mol. The molecule has 0 aromatic heterocycles. The lowest BCUT2D eigenvalue weighted by Crippen LogP contribution is -2.60. The molecule has 310 valence electrons. The molecular formula is C38H72N4O11. The van der Waals surface area contributed by atoms with Crippen molar-refractivity contribution in [3.05, 3.63) is 0 Å². The number of hydrogen-bond donors (Lipinski definition) is 5. The van der Waals surface area contributed by atoms with Crippen LogP contribution in [-0.2, 0) is 33.2 Å². The first-order valence-electron chi connectivity index (χ1n) is 19.4. The first-order valence-corrected chi connectivity index (χ1v) is 19.4. The van der Waals surface area contributed by atoms with Crippen molar-refractivity contribution in [2.75, 3.05) is 34.8 Å². The number of aliphatic hydroxyl groups excluding tert-OH is 2. The third-order valence-electron chi connectivity index (χ3n) is 12.3. The van der Waals surface area contributed by atoms with Crippen LogP contribution in [0.1, 0.15) is 94.9 Å². The van der Waals surface area contributed by atoms with Gasteiger partial charge in [0, 0.05) is 38.1 Å². The SMILES string of the molecule is CC[C@H]1OC(=O)[C@H](C)[C@@H](O[C@H]2C[C@@](C)(OC)[C@H](N=N)[C@H](C)O2)[C@H](C)[C@@H](O[C@@H]2O[C@H](C)C[C@H](N(C)C)[C@H]2O)[C@](C)(O)C[C@@H](C)CN(C)[C@@H](C)[C@@H](O)[C@]1(C)O. The summed E-state index contributed by atoms with van der Waals surface area (Å²) in [6, 6.07) is -1.41. The Morgan fingerprint density at radius 2 is 1.64 bits per heavy atom. The van der Waals surface area contributed by atoms with Gasteiger partial charge in [-0.1, -0.05) is 20.8 Å². The maximum Gasteiger partial charge on any atom is 0.311 e. The van der Waals surface area contributed by atoms with E-state index in [2.05, 4.69) is 5.11 Å². The van der Waals surface area contributed by atoms with Crippen molar-refractivity contribution in [2.45, 2.75) is 185 Å². The van der Waals surface area contributed by atoms with Gasteiger partial charge in [0.2, 0.25) is 0 Å². The van der Waals surface area contributed by atoms with Crippen LogP contribution in [0.25, 0.3) is 0 Å². The average Bonchev–Trinajstić information content (AvgIpc) is 3.07. The zero-order chi connectivity index (χ0) is 40.4. The minimum Gasteiger partial charge on any atom is -0.459 e. The topological polar surface area (TPSA) is 196 Å². The van der Waals surface area contributed by atoms with E-state index in [1.807, 2.05) is 58.6 Å². The normalized spacial score (nSPS) is 48.8. The van der Waals surface area contributed by atoms with Gasteiger partial charge in [-0.25, -0.2) is 5.53 Å². The Labute approximate surface area is 317 Å². The molecule has 0 amide bonds. The van der Waals surface area contributed by atoms with Crippen molar-refractivity contribution in [1.82, 2.24) is 9.80 Å². The smallest absolute Gasteiger partial charge is 0.311 e. The van der Waals surface area contributed by atoms with Crippen molar-refractivity contribution >= 4 is 5.97 Å². The minimum atomic E-state index is -1.80. The Balaban J connectivity index is 2.18. The number of carbonyl (C=O) groups is 1. The van der Waals surface area contributed by atoms with Crippen molar-refractivity contribution in [1.29, 1.82) is 5.53 Å². The highest BCUT2D eigenvalue weighted by Crippen LogP contribution is 2.40. The Bertz CT molecular complexity index is 1190. The number of rotatable bonds is 8. The molecule has 53 heavy (non-hydrogen) atoms. The van der Waals surface area contributed by atoms with Gasteiger partial charge in [-0.05, 0) is 94.8 Å². The van der Waals surface area contributed by atoms with E-state index in [9.17, 15) is 25.2 Å². The van der Waals surface area contributed by atoms with Crippen molar-refractivity contribution in [3.8, 4) is 0 Å². The van der Waals surface area contributed by atoms with Crippen LogP contribution in [-0.4, -0.2) is 161 Å². The van der Waals surface area contributed by atoms with Crippen molar-refractivity contribution in [3.63, 3.8) is 0 Å². The van der Waals surface area contributed by atoms with Gasteiger partial charge in [0.1, 0.15) is 30.0 Å². The molecule has 3 aliphatic heterocycles. The maximum atomic E-state index is 14.2. The summed E-state index contributed by atoms with van der Waals surface area (Å²) in [6.45, 7) is 18.2. The quantitative estimate of drug-likeness (QED) is 0.179. The highest BCUT2D eigenvalue weighted by molar-refractivity contribution is 5.73. The standard InChI is InChI=1S/C38H72N4O11/c1-15-27-38(10,47)32(44)24(6)42(13)19-20(2)17-36(8,46)33(53-35-29(43)26(41(11)12)16-21(3)49-35)22(4)30(23(5)34(45)51-27)52-28-18-37(9,48-14)31(40-39)25(7)50-28/h20-33,35,39,43-44,46-47H,15-19H2,1-14H3/t20-,21-,22+,23-,24+,25+,26+,27-,28+,29-,30+,31-,32-,33-,35+,36-,37-,38-/m1/s1. The van der Waals surface area contributed by atoms with Gasteiger partial charge in [-0.2, -0.15) is 5.11 Å². The lowest BCUT2D eigenvalue weighted by atomic mass is 9.77. The molecule has 0 saturated carbocycles. The molecule has 0 unspecified atom stereocenters. The van der Waals surface area contributed by atoms with Crippen LogP contribution in [0.4, 0.5) is 0 Å². The van der Waals surface area contributed by atoms with Crippen LogP contribution in [0.5, 0.6) is 0 Å². The van der Waals surface area contributed by atoms with Crippen LogP contribution >= 0.6 is 0 Å². The fraction of sp³-hybridized carbons (Fsp3) is 0.974. The molecule has 18 atom stereocenters. The van der Waals surface area contributed by atoms with E-state index in [0.29, 0.717) is 13.0 Å². The summed E-state index contributed by atoms with van der Waals surface area (Å²) < 4.78 is 37.9. The summed E-state index contributed by atoms with van der Waals surface area (Å²) in [5, 5.41) is 51.1. The van der Waals surface area contributed by atoms with Gasteiger partial charge in [0.15, 0.2) is 12.6 Å². The molecule has 0 radical (unpaired) electrons.